The molecular formula is C14H11FO2. The maximum atomic E-state index is 13.0. The third kappa shape index (κ3) is 2.69. The standard InChI is InChI=1S/C14H11FO2/c1-10-8-13(6-7-14(10)15)17-12-4-2-11(9-16)3-5-12/h2-9H,1H3. The normalized spacial score (nSPS) is 10.0. The molecule has 2 aromatic carbocycles. The van der Waals surface area contributed by atoms with Gasteiger partial charge in [0.15, 0.2) is 0 Å². The SMILES string of the molecule is Cc1cc(Oc2ccc(C=O)cc2)ccc1F. The number of aldehydes is 1. The molecule has 2 rings (SSSR count). The largest absolute Gasteiger partial charge is 0.457 e. The maximum Gasteiger partial charge on any atom is 0.150 e. The fourth-order valence-electron chi connectivity index (χ4n) is 1.43. The van der Waals surface area contributed by atoms with Crippen molar-refractivity contribution in [2.45, 2.75) is 6.92 Å². The van der Waals surface area contributed by atoms with E-state index in [1.165, 1.54) is 6.07 Å². The molecule has 0 spiro atoms. The fourth-order valence-corrected chi connectivity index (χ4v) is 1.43. The summed E-state index contributed by atoms with van der Waals surface area (Å²) >= 11 is 0. The van der Waals surface area contributed by atoms with Crippen LogP contribution in [0, 0.1) is 12.7 Å². The van der Waals surface area contributed by atoms with Crippen LogP contribution < -0.4 is 4.74 Å². The molecule has 0 radical (unpaired) electrons. The fraction of sp³-hybridized carbons (Fsp3) is 0.0714. The number of benzene rings is 2. The maximum absolute atomic E-state index is 13.0. The summed E-state index contributed by atoms with van der Waals surface area (Å²) in [5, 5.41) is 0. The van der Waals surface area contributed by atoms with E-state index in [9.17, 15) is 9.18 Å². The van der Waals surface area contributed by atoms with Gasteiger partial charge in [-0.1, -0.05) is 0 Å². The van der Waals surface area contributed by atoms with Gasteiger partial charge < -0.3 is 4.74 Å². The van der Waals surface area contributed by atoms with E-state index in [4.69, 9.17) is 4.74 Å². The van der Waals surface area contributed by atoms with E-state index in [2.05, 4.69) is 0 Å². The predicted octanol–water partition coefficient (Wildman–Crippen LogP) is 3.74. The molecule has 0 saturated heterocycles. The molecule has 0 fully saturated rings. The number of rotatable bonds is 3. The van der Waals surface area contributed by atoms with Crippen molar-refractivity contribution in [2.75, 3.05) is 0 Å². The van der Waals surface area contributed by atoms with E-state index in [-0.39, 0.29) is 5.82 Å². The lowest BCUT2D eigenvalue weighted by Gasteiger charge is -2.06. The van der Waals surface area contributed by atoms with Crippen LogP contribution in [0.5, 0.6) is 11.5 Å². The summed E-state index contributed by atoms with van der Waals surface area (Å²) in [6.45, 7) is 1.68. The Balaban J connectivity index is 2.19. The van der Waals surface area contributed by atoms with Crippen LogP contribution in [0.2, 0.25) is 0 Å². The second-order valence-electron chi connectivity index (χ2n) is 3.70. The quantitative estimate of drug-likeness (QED) is 0.751. The molecule has 0 atom stereocenters. The van der Waals surface area contributed by atoms with Crippen molar-refractivity contribution in [3.05, 3.63) is 59.4 Å². The van der Waals surface area contributed by atoms with Gasteiger partial charge in [-0.15, -0.1) is 0 Å². The van der Waals surface area contributed by atoms with Gasteiger partial charge in [-0.05, 0) is 55.0 Å². The Morgan fingerprint density at radius 2 is 1.71 bits per heavy atom. The highest BCUT2D eigenvalue weighted by Gasteiger charge is 2.01. The lowest BCUT2D eigenvalue weighted by molar-refractivity contribution is 0.112. The van der Waals surface area contributed by atoms with Crippen LogP contribution in [0.1, 0.15) is 15.9 Å². The molecule has 0 saturated carbocycles. The molecule has 2 nitrogen and oxygen atoms in total. The van der Waals surface area contributed by atoms with Crippen LogP contribution in [-0.2, 0) is 0 Å². The van der Waals surface area contributed by atoms with E-state index in [1.807, 2.05) is 0 Å². The summed E-state index contributed by atoms with van der Waals surface area (Å²) < 4.78 is 18.6. The Labute approximate surface area is 98.7 Å². The summed E-state index contributed by atoms with van der Waals surface area (Å²) in [5.74, 6) is 0.929. The molecule has 0 aliphatic carbocycles. The third-order valence-corrected chi connectivity index (χ3v) is 2.38. The van der Waals surface area contributed by atoms with Crippen molar-refractivity contribution < 1.29 is 13.9 Å². The van der Waals surface area contributed by atoms with Crippen molar-refractivity contribution in [3.8, 4) is 11.5 Å². The van der Waals surface area contributed by atoms with E-state index in [0.29, 0.717) is 22.6 Å². The Morgan fingerprint density at radius 3 is 2.29 bits per heavy atom. The molecule has 0 bridgehead atoms. The van der Waals surface area contributed by atoms with E-state index < -0.39 is 0 Å². The topological polar surface area (TPSA) is 26.3 Å². The molecule has 0 aromatic heterocycles. The van der Waals surface area contributed by atoms with E-state index in [0.717, 1.165) is 6.29 Å². The van der Waals surface area contributed by atoms with Crippen LogP contribution in [0.4, 0.5) is 4.39 Å². The molecule has 0 amide bonds. The minimum atomic E-state index is -0.256. The van der Waals surface area contributed by atoms with Gasteiger partial charge in [0.2, 0.25) is 0 Å². The lowest BCUT2D eigenvalue weighted by Crippen LogP contribution is -1.88. The second kappa shape index (κ2) is 4.78. The van der Waals surface area contributed by atoms with Gasteiger partial charge >= 0.3 is 0 Å². The zero-order valence-corrected chi connectivity index (χ0v) is 9.31. The van der Waals surface area contributed by atoms with Crippen molar-refractivity contribution in [1.29, 1.82) is 0 Å². The Kier molecular flexibility index (Phi) is 3.19. The molecule has 0 unspecified atom stereocenters. The average Bonchev–Trinajstić information content (AvgIpc) is 2.35. The number of hydrogen-bond acceptors (Lipinski definition) is 2. The summed E-state index contributed by atoms with van der Waals surface area (Å²) in [6, 6.07) is 11.3. The molecule has 17 heavy (non-hydrogen) atoms. The summed E-state index contributed by atoms with van der Waals surface area (Å²) in [4.78, 5) is 10.5. The van der Waals surface area contributed by atoms with Gasteiger partial charge in [0.25, 0.3) is 0 Å². The smallest absolute Gasteiger partial charge is 0.150 e. The highest BCUT2D eigenvalue weighted by atomic mass is 19.1. The van der Waals surface area contributed by atoms with Crippen molar-refractivity contribution in [1.82, 2.24) is 0 Å². The molecule has 0 N–H and O–H groups in total. The van der Waals surface area contributed by atoms with Crippen molar-refractivity contribution in [3.63, 3.8) is 0 Å². The van der Waals surface area contributed by atoms with E-state index >= 15 is 0 Å². The Bertz CT molecular complexity index is 532. The van der Waals surface area contributed by atoms with Gasteiger partial charge in [-0.25, -0.2) is 4.39 Å². The first-order chi connectivity index (χ1) is 8.19. The summed E-state index contributed by atoms with van der Waals surface area (Å²) in [5.41, 5.74) is 1.12. The number of carbonyl (C=O) groups is 1. The van der Waals surface area contributed by atoms with Crippen molar-refractivity contribution >= 4 is 6.29 Å². The van der Waals surface area contributed by atoms with Gasteiger partial charge in [0, 0.05) is 5.56 Å². The van der Waals surface area contributed by atoms with Crippen LogP contribution in [-0.4, -0.2) is 6.29 Å². The molecule has 3 heteroatoms. The highest BCUT2D eigenvalue weighted by molar-refractivity contribution is 5.74. The van der Waals surface area contributed by atoms with Gasteiger partial charge in [-0.3, -0.25) is 4.79 Å². The first kappa shape index (κ1) is 11.3. The predicted molar refractivity (Wildman–Crippen MR) is 63.0 cm³/mol. The minimum Gasteiger partial charge on any atom is -0.457 e. The number of ether oxygens (including phenoxy) is 1. The van der Waals surface area contributed by atoms with Gasteiger partial charge in [0.05, 0.1) is 0 Å². The number of aryl methyl sites for hydroxylation is 1. The number of halogens is 1. The molecule has 86 valence electrons. The first-order valence-corrected chi connectivity index (χ1v) is 5.18. The minimum absolute atomic E-state index is 0.256. The zero-order valence-electron chi connectivity index (χ0n) is 9.31. The zero-order chi connectivity index (χ0) is 12.3. The van der Waals surface area contributed by atoms with Crippen LogP contribution in [0.15, 0.2) is 42.5 Å². The monoisotopic (exact) mass is 230 g/mol. The first-order valence-electron chi connectivity index (χ1n) is 5.18. The van der Waals surface area contributed by atoms with E-state index in [1.54, 1.807) is 43.3 Å². The molecule has 2 aromatic rings. The number of carbonyl (C=O) groups excluding carboxylic acids is 1. The number of hydrogen-bond donors (Lipinski definition) is 0. The lowest BCUT2D eigenvalue weighted by atomic mass is 10.2. The Hall–Kier alpha value is -2.16. The molecular weight excluding hydrogens is 219 g/mol. The summed E-state index contributed by atoms with van der Waals surface area (Å²) in [7, 11) is 0. The van der Waals surface area contributed by atoms with Crippen LogP contribution in [0.3, 0.4) is 0 Å². The van der Waals surface area contributed by atoms with Gasteiger partial charge in [-0.2, -0.15) is 0 Å². The second-order valence-corrected chi connectivity index (χ2v) is 3.70. The highest BCUT2D eigenvalue weighted by Crippen LogP contribution is 2.23. The third-order valence-electron chi connectivity index (χ3n) is 2.38. The van der Waals surface area contributed by atoms with Gasteiger partial charge in [0.1, 0.15) is 23.6 Å². The van der Waals surface area contributed by atoms with Crippen molar-refractivity contribution in [2.24, 2.45) is 0 Å². The molecule has 0 aliphatic rings. The Morgan fingerprint density at radius 1 is 1.06 bits per heavy atom. The average molecular weight is 230 g/mol. The molecule has 0 heterocycles. The summed E-state index contributed by atoms with van der Waals surface area (Å²) in [6.07, 6.45) is 0.770. The van der Waals surface area contributed by atoms with Crippen LogP contribution >= 0.6 is 0 Å². The molecule has 0 aliphatic heterocycles. The van der Waals surface area contributed by atoms with Crippen LogP contribution in [0.25, 0.3) is 0 Å².